The first kappa shape index (κ1) is 42.0. The fraction of sp³-hybridized carbons (Fsp3) is 0.973. The highest BCUT2D eigenvalue weighted by Crippen LogP contribution is 2.73. The zero-order valence-corrected chi connectivity index (χ0v) is 31.3. The van der Waals surface area contributed by atoms with E-state index in [0.717, 1.165) is 32.1 Å². The average Bonchev–Trinajstić information content (AvgIpc) is 3.43. The van der Waals surface area contributed by atoms with Crippen LogP contribution in [0.5, 0.6) is 0 Å². The number of carbonyl (C=O) groups excluding carboxylic acids is 1. The van der Waals surface area contributed by atoms with Crippen LogP contribution in [-0.2, 0) is 33.2 Å². The zero-order valence-electron chi connectivity index (χ0n) is 31.3. The van der Waals surface area contributed by atoms with Gasteiger partial charge in [0.05, 0.1) is 30.8 Å². The van der Waals surface area contributed by atoms with Crippen molar-refractivity contribution < 1.29 is 89.4 Å². The smallest absolute Gasteiger partial charge is 0.314 e. The minimum absolute atomic E-state index is 0.0873. The Bertz CT molecular complexity index is 1370. The first-order valence-electron chi connectivity index (χ1n) is 19.8. The Morgan fingerprint density at radius 2 is 1.15 bits per heavy atom. The molecule has 11 N–H and O–H groups in total. The second-order valence-corrected chi connectivity index (χ2v) is 17.9. The van der Waals surface area contributed by atoms with Crippen LogP contribution in [0.15, 0.2) is 0 Å². The summed E-state index contributed by atoms with van der Waals surface area (Å²) in [5.41, 5.74) is -2.14. The van der Waals surface area contributed by atoms with E-state index in [0.29, 0.717) is 32.1 Å². The molecule has 3 aliphatic heterocycles. The van der Waals surface area contributed by atoms with Crippen molar-refractivity contribution in [1.29, 1.82) is 0 Å². The van der Waals surface area contributed by atoms with Crippen molar-refractivity contribution in [3.05, 3.63) is 0 Å². The molecule has 18 heteroatoms. The van der Waals surface area contributed by atoms with Gasteiger partial charge in [0.2, 0.25) is 6.29 Å². The number of aliphatic hydroxyl groups is 11. The first-order chi connectivity index (χ1) is 26.0. The highest BCUT2D eigenvalue weighted by molar-refractivity contribution is 5.77. The quantitative estimate of drug-likeness (QED) is 0.0814. The van der Waals surface area contributed by atoms with Gasteiger partial charge in [0.1, 0.15) is 73.2 Å². The summed E-state index contributed by atoms with van der Waals surface area (Å²) < 4.78 is 35.5. The summed E-state index contributed by atoms with van der Waals surface area (Å²) in [6.07, 6.45) is -16.1. The summed E-state index contributed by atoms with van der Waals surface area (Å²) in [6, 6.07) is 0. The molecule has 18 nitrogen and oxygen atoms in total. The molecule has 7 aliphatic rings. The lowest BCUT2D eigenvalue weighted by molar-refractivity contribution is -0.380. The third-order valence-electron chi connectivity index (χ3n) is 15.0. The molecule has 3 heterocycles. The maximum absolute atomic E-state index is 14.1. The van der Waals surface area contributed by atoms with Gasteiger partial charge >= 0.3 is 5.97 Å². The number of hydrogen-bond acceptors (Lipinski definition) is 18. The van der Waals surface area contributed by atoms with Crippen LogP contribution in [0, 0.1) is 28.1 Å². The minimum atomic E-state index is -1.78. The summed E-state index contributed by atoms with van der Waals surface area (Å²) in [7, 11) is 0. The van der Waals surface area contributed by atoms with Gasteiger partial charge < -0.3 is 84.6 Å². The van der Waals surface area contributed by atoms with E-state index in [-0.39, 0.29) is 22.7 Å². The molecule has 0 aromatic carbocycles. The van der Waals surface area contributed by atoms with Crippen molar-refractivity contribution in [2.24, 2.45) is 28.1 Å². The van der Waals surface area contributed by atoms with Crippen LogP contribution in [-0.4, -0.2) is 180 Å². The summed E-state index contributed by atoms with van der Waals surface area (Å²) in [4.78, 5) is 14.1. The monoisotopic (exact) mass is 792 g/mol. The normalized spacial score (nSPS) is 55.3. The first-order valence-corrected chi connectivity index (χ1v) is 19.8. The molecular weight excluding hydrogens is 732 g/mol. The molecule has 0 aromatic heterocycles. The van der Waals surface area contributed by atoms with E-state index < -0.39 is 129 Å². The third kappa shape index (κ3) is 6.88. The van der Waals surface area contributed by atoms with Crippen molar-refractivity contribution in [3.8, 4) is 0 Å². The highest BCUT2D eigenvalue weighted by atomic mass is 16.8. The molecule has 3 saturated heterocycles. The van der Waals surface area contributed by atoms with Crippen LogP contribution in [0.25, 0.3) is 0 Å². The highest BCUT2D eigenvalue weighted by Gasteiger charge is 2.68. The topological polar surface area (TPSA) is 295 Å². The van der Waals surface area contributed by atoms with Crippen LogP contribution in [0.2, 0.25) is 0 Å². The van der Waals surface area contributed by atoms with E-state index in [1.807, 2.05) is 6.92 Å². The van der Waals surface area contributed by atoms with Crippen LogP contribution < -0.4 is 0 Å². The molecule has 7 fully saturated rings. The molecule has 18 unspecified atom stereocenters. The van der Waals surface area contributed by atoms with Crippen molar-refractivity contribution in [2.75, 3.05) is 19.8 Å². The fourth-order valence-electron chi connectivity index (χ4n) is 12.0. The second-order valence-electron chi connectivity index (χ2n) is 17.9. The van der Waals surface area contributed by atoms with Crippen molar-refractivity contribution in [1.82, 2.24) is 0 Å². The van der Waals surface area contributed by atoms with Gasteiger partial charge in [0.15, 0.2) is 12.6 Å². The van der Waals surface area contributed by atoms with Gasteiger partial charge in [0, 0.05) is 0 Å². The third-order valence-corrected chi connectivity index (χ3v) is 15.0. The molecule has 21 atom stereocenters. The molecule has 55 heavy (non-hydrogen) atoms. The van der Waals surface area contributed by atoms with Gasteiger partial charge in [-0.2, -0.15) is 0 Å². The lowest BCUT2D eigenvalue weighted by Gasteiger charge is -2.64. The molecule has 2 bridgehead atoms. The van der Waals surface area contributed by atoms with Crippen LogP contribution >= 0.6 is 0 Å². The van der Waals surface area contributed by atoms with Crippen molar-refractivity contribution in [2.45, 2.75) is 176 Å². The maximum Gasteiger partial charge on any atom is 0.314 e. The summed E-state index contributed by atoms with van der Waals surface area (Å²) >= 11 is 0. The number of hydrogen-bond donors (Lipinski definition) is 11. The Hall–Kier alpha value is -1.17. The lowest BCUT2D eigenvalue weighted by Crippen LogP contribution is -2.65. The SMILES string of the molecule is C[C@@]12CCC[C@@](C)(C(=O)OC3OC(CO)C(O)C(O)C3O)C1CC[C@]13CCC(OC4OC(CO)C(O)C(O)C4OC4OC(CO)C(O)C(O)C4O)(CCC12)C3. The Kier molecular flexibility index (Phi) is 11.8. The molecule has 7 rings (SSSR count). The van der Waals surface area contributed by atoms with Gasteiger partial charge in [-0.1, -0.05) is 13.3 Å². The molecule has 0 radical (unpaired) electrons. The van der Waals surface area contributed by atoms with Gasteiger partial charge in [0.25, 0.3) is 0 Å². The van der Waals surface area contributed by atoms with Crippen molar-refractivity contribution in [3.63, 3.8) is 0 Å². The standard InChI is InChI=1S/C37H60O18/c1-34-6-3-7-35(2,33(49)54-31-28(48)25(45)22(42)17(13-39)51-31)19(34)4-8-36-10-11-37(15-36,9-5-20(34)36)55-32-29(26(46)23(43)18(14-40)52-32)53-30-27(47)24(44)21(41)16(12-38)50-30/h16-32,38-48H,3-15H2,1-2H3/t16?,17?,18?,19?,20?,21?,22?,23?,24?,25?,26?,27?,28?,29?,30?,31?,32?,34-,35-,36-,37?/m1/s1. The summed E-state index contributed by atoms with van der Waals surface area (Å²) in [6.45, 7) is 2.15. The van der Waals surface area contributed by atoms with E-state index in [4.69, 9.17) is 28.4 Å². The summed E-state index contributed by atoms with van der Waals surface area (Å²) in [5, 5.41) is 114. The van der Waals surface area contributed by atoms with Gasteiger partial charge in [-0.05, 0) is 87.4 Å². The molecule has 316 valence electrons. The van der Waals surface area contributed by atoms with E-state index >= 15 is 0 Å². The Morgan fingerprint density at radius 1 is 0.600 bits per heavy atom. The van der Waals surface area contributed by atoms with E-state index in [1.165, 1.54) is 0 Å². The number of ether oxygens (including phenoxy) is 6. The molecule has 0 amide bonds. The number of esters is 1. The Balaban J connectivity index is 1.08. The molecule has 1 spiro atoms. The van der Waals surface area contributed by atoms with Gasteiger partial charge in [-0.25, -0.2) is 0 Å². The number of rotatable bonds is 9. The van der Waals surface area contributed by atoms with E-state index in [9.17, 15) is 61.0 Å². The molecule has 4 saturated carbocycles. The average molecular weight is 793 g/mol. The largest absolute Gasteiger partial charge is 0.432 e. The Morgan fingerprint density at radius 3 is 1.76 bits per heavy atom. The molecule has 4 aliphatic carbocycles. The molecule has 0 aromatic rings. The van der Waals surface area contributed by atoms with E-state index in [1.54, 1.807) is 0 Å². The number of aliphatic hydroxyl groups excluding tert-OH is 11. The van der Waals surface area contributed by atoms with Gasteiger partial charge in [-0.15, -0.1) is 0 Å². The minimum Gasteiger partial charge on any atom is -0.432 e. The zero-order chi connectivity index (χ0) is 39.8. The van der Waals surface area contributed by atoms with Crippen molar-refractivity contribution >= 4 is 5.97 Å². The predicted molar refractivity (Wildman–Crippen MR) is 182 cm³/mol. The second kappa shape index (κ2) is 15.5. The van der Waals surface area contributed by atoms with Crippen LogP contribution in [0.4, 0.5) is 0 Å². The van der Waals surface area contributed by atoms with E-state index in [2.05, 4.69) is 6.92 Å². The molecular formula is C37H60O18. The van der Waals surface area contributed by atoms with Crippen LogP contribution in [0.3, 0.4) is 0 Å². The maximum atomic E-state index is 14.1. The predicted octanol–water partition coefficient (Wildman–Crippen LogP) is -3.10. The Labute approximate surface area is 318 Å². The number of fused-ring (bicyclic) bond motifs is 3. The fourth-order valence-corrected chi connectivity index (χ4v) is 12.0. The number of carbonyl (C=O) groups is 1. The van der Waals surface area contributed by atoms with Crippen LogP contribution in [0.1, 0.15) is 78.1 Å². The summed E-state index contributed by atoms with van der Waals surface area (Å²) in [5.74, 6) is -0.456. The lowest BCUT2D eigenvalue weighted by atomic mass is 9.41. The van der Waals surface area contributed by atoms with Gasteiger partial charge in [-0.3, -0.25) is 4.79 Å².